The van der Waals surface area contributed by atoms with Gasteiger partial charge in [0, 0.05) is 0 Å². The summed E-state index contributed by atoms with van der Waals surface area (Å²) in [5.41, 5.74) is 0. The second-order valence-corrected chi connectivity index (χ2v) is 16.4. The van der Waals surface area contributed by atoms with E-state index in [1.54, 1.807) is 0 Å². The Morgan fingerprint density at radius 2 is 1.02 bits per heavy atom. The molecule has 344 valence electrons. The number of amides is 1. The lowest BCUT2D eigenvalue weighted by molar-refractivity contribution is -0.303. The molecule has 1 heterocycles. The maximum absolute atomic E-state index is 13.1. The first-order chi connectivity index (χ1) is 28.7. The molecule has 1 aliphatic heterocycles. The highest BCUT2D eigenvalue weighted by Crippen LogP contribution is 2.23. The molecule has 0 aliphatic carbocycles. The van der Waals surface area contributed by atoms with E-state index in [1.165, 1.54) is 64.2 Å². The summed E-state index contributed by atoms with van der Waals surface area (Å²) in [5, 5.41) is 75.6. The third kappa shape index (κ3) is 27.6. The number of rotatable bonds is 38. The second-order valence-electron chi connectivity index (χ2n) is 16.4. The molecule has 9 atom stereocenters. The minimum atomic E-state index is -1.67. The molecule has 11 nitrogen and oxygen atoms in total. The number of nitrogens with one attached hydrogen (secondary N) is 1. The van der Waals surface area contributed by atoms with Crippen LogP contribution in [0.15, 0.2) is 48.6 Å². The third-order valence-corrected chi connectivity index (χ3v) is 11.1. The van der Waals surface area contributed by atoms with Crippen molar-refractivity contribution in [2.24, 2.45) is 0 Å². The fraction of sp³-hybridized carbons (Fsp3) is 0.812. The number of carbonyl (C=O) groups is 1. The molecule has 0 spiro atoms. The molecule has 1 fully saturated rings. The van der Waals surface area contributed by atoms with Crippen LogP contribution < -0.4 is 5.32 Å². The Morgan fingerprint density at radius 3 is 1.54 bits per heavy atom. The summed E-state index contributed by atoms with van der Waals surface area (Å²) in [5.74, 6) is -0.720. The Bertz CT molecular complexity index is 1100. The van der Waals surface area contributed by atoms with E-state index in [0.717, 1.165) is 70.6 Å². The molecule has 0 bridgehead atoms. The average Bonchev–Trinajstić information content (AvgIpc) is 3.23. The van der Waals surface area contributed by atoms with Crippen LogP contribution in [0.25, 0.3) is 0 Å². The van der Waals surface area contributed by atoms with Crippen molar-refractivity contribution in [1.82, 2.24) is 5.32 Å². The molecular weight excluding hydrogens is 751 g/mol. The minimum Gasteiger partial charge on any atom is -0.394 e. The van der Waals surface area contributed by atoms with Crippen LogP contribution in [0.1, 0.15) is 181 Å². The maximum Gasteiger partial charge on any atom is 0.249 e. The van der Waals surface area contributed by atoms with Crippen molar-refractivity contribution < 1.29 is 50.0 Å². The molecule has 1 amide bonds. The van der Waals surface area contributed by atoms with Gasteiger partial charge in [-0.15, -0.1) is 0 Å². The molecule has 0 aromatic heterocycles. The fourth-order valence-corrected chi connectivity index (χ4v) is 7.11. The van der Waals surface area contributed by atoms with E-state index in [2.05, 4.69) is 67.8 Å². The van der Waals surface area contributed by atoms with Gasteiger partial charge in [0.05, 0.1) is 25.4 Å². The largest absolute Gasteiger partial charge is 0.394 e. The first-order valence-corrected chi connectivity index (χ1v) is 23.5. The summed E-state index contributed by atoms with van der Waals surface area (Å²) < 4.78 is 11.1. The van der Waals surface area contributed by atoms with Gasteiger partial charge in [-0.25, -0.2) is 0 Å². The van der Waals surface area contributed by atoms with Crippen molar-refractivity contribution >= 4 is 5.91 Å². The molecule has 0 aromatic rings. The number of hydrogen-bond donors (Lipinski definition) is 8. The normalized spacial score (nSPS) is 22.2. The van der Waals surface area contributed by atoms with E-state index in [4.69, 9.17) is 9.47 Å². The van der Waals surface area contributed by atoms with Gasteiger partial charge in [0.25, 0.3) is 0 Å². The van der Waals surface area contributed by atoms with Crippen molar-refractivity contribution in [1.29, 1.82) is 0 Å². The van der Waals surface area contributed by atoms with Crippen LogP contribution in [0, 0.1) is 0 Å². The number of allylic oxidation sites excluding steroid dienone is 8. The highest BCUT2D eigenvalue weighted by atomic mass is 16.7. The van der Waals surface area contributed by atoms with E-state index in [1.807, 2.05) is 0 Å². The van der Waals surface area contributed by atoms with Crippen LogP contribution in [0.4, 0.5) is 0 Å². The molecule has 11 heteroatoms. The zero-order valence-corrected chi connectivity index (χ0v) is 37.0. The lowest BCUT2D eigenvalue weighted by Gasteiger charge is -2.40. The third-order valence-electron chi connectivity index (χ3n) is 11.1. The SMILES string of the molecule is CCCCC/C=C/CC/C=C/CC/C=C/CCCC(O)C(O)C(COC1OC(CO)C(O)C(O)C1O)NC(=O)C(O)CCCCCCCC/C=C\CCCCCCCC. The number of carbonyl (C=O) groups excluding carboxylic acids is 1. The zero-order chi connectivity index (χ0) is 43.4. The van der Waals surface area contributed by atoms with Gasteiger partial charge in [0.2, 0.25) is 5.91 Å². The summed E-state index contributed by atoms with van der Waals surface area (Å²) in [6.45, 7) is 3.37. The summed E-state index contributed by atoms with van der Waals surface area (Å²) >= 11 is 0. The topological polar surface area (TPSA) is 189 Å². The van der Waals surface area contributed by atoms with E-state index in [9.17, 15) is 40.5 Å². The smallest absolute Gasteiger partial charge is 0.249 e. The second kappa shape index (κ2) is 37.8. The molecule has 1 rings (SSSR count). The van der Waals surface area contributed by atoms with Crippen molar-refractivity contribution in [3.05, 3.63) is 48.6 Å². The van der Waals surface area contributed by atoms with Crippen LogP contribution in [0.5, 0.6) is 0 Å². The Balaban J connectivity index is 2.50. The molecule has 1 saturated heterocycles. The van der Waals surface area contributed by atoms with Gasteiger partial charge < -0.3 is 50.5 Å². The first-order valence-electron chi connectivity index (χ1n) is 23.5. The van der Waals surface area contributed by atoms with Gasteiger partial charge in [-0.3, -0.25) is 4.79 Å². The van der Waals surface area contributed by atoms with Gasteiger partial charge in [-0.1, -0.05) is 140 Å². The molecule has 8 N–H and O–H groups in total. The average molecular weight is 838 g/mol. The molecule has 0 saturated carbocycles. The van der Waals surface area contributed by atoms with Crippen molar-refractivity contribution in [2.75, 3.05) is 13.2 Å². The monoisotopic (exact) mass is 838 g/mol. The van der Waals surface area contributed by atoms with Crippen molar-refractivity contribution in [3.63, 3.8) is 0 Å². The number of ether oxygens (including phenoxy) is 2. The zero-order valence-electron chi connectivity index (χ0n) is 37.0. The van der Waals surface area contributed by atoms with Gasteiger partial charge in [-0.2, -0.15) is 0 Å². The summed E-state index contributed by atoms with van der Waals surface area (Å²) in [4.78, 5) is 13.1. The van der Waals surface area contributed by atoms with Crippen LogP contribution in [0.2, 0.25) is 0 Å². The number of hydrogen-bond acceptors (Lipinski definition) is 10. The van der Waals surface area contributed by atoms with E-state index < -0.39 is 74.2 Å². The number of unbranched alkanes of at least 4 members (excludes halogenated alkanes) is 18. The number of aliphatic hydroxyl groups is 7. The van der Waals surface area contributed by atoms with Crippen LogP contribution in [-0.4, -0.2) is 110 Å². The predicted molar refractivity (Wildman–Crippen MR) is 238 cm³/mol. The van der Waals surface area contributed by atoms with Gasteiger partial charge in [-0.05, 0) is 89.9 Å². The molecule has 9 unspecified atom stereocenters. The lowest BCUT2D eigenvalue weighted by Crippen LogP contribution is -2.60. The van der Waals surface area contributed by atoms with Gasteiger partial charge in [0.15, 0.2) is 6.29 Å². The van der Waals surface area contributed by atoms with Crippen molar-refractivity contribution in [3.8, 4) is 0 Å². The Morgan fingerprint density at radius 1 is 0.576 bits per heavy atom. The summed E-state index contributed by atoms with van der Waals surface area (Å²) in [7, 11) is 0. The summed E-state index contributed by atoms with van der Waals surface area (Å²) in [6, 6.07) is -1.20. The Kier molecular flexibility index (Phi) is 35.3. The molecule has 1 aliphatic rings. The van der Waals surface area contributed by atoms with E-state index in [-0.39, 0.29) is 12.8 Å². The minimum absolute atomic E-state index is 0.238. The van der Waals surface area contributed by atoms with Crippen LogP contribution in [-0.2, 0) is 14.3 Å². The molecule has 59 heavy (non-hydrogen) atoms. The van der Waals surface area contributed by atoms with Crippen molar-refractivity contribution in [2.45, 2.75) is 236 Å². The quantitative estimate of drug-likeness (QED) is 0.0225. The molecular formula is C48H87NO10. The van der Waals surface area contributed by atoms with Crippen LogP contribution in [0.3, 0.4) is 0 Å². The van der Waals surface area contributed by atoms with E-state index in [0.29, 0.717) is 19.3 Å². The summed E-state index contributed by atoms with van der Waals surface area (Å²) in [6.07, 6.45) is 32.9. The molecule has 0 radical (unpaired) electrons. The highest BCUT2D eigenvalue weighted by Gasteiger charge is 2.44. The Labute approximate surface area is 358 Å². The van der Waals surface area contributed by atoms with E-state index >= 15 is 0 Å². The highest BCUT2D eigenvalue weighted by molar-refractivity contribution is 5.80. The standard InChI is InChI=1S/C48H87NO10/c1-3-5-7-9-11-13-15-17-19-21-23-25-27-29-31-33-35-40(51)43(53)39(38-58-48-46(56)45(55)44(54)42(37-50)59-48)49-47(57)41(52)36-34-32-30-28-26-24-22-20-18-16-14-12-10-8-6-4-2/h11,13,18-21,27,29,39-46,48,50-56H,3-10,12,14-17,22-26,28,30-38H2,1-2H3,(H,49,57)/b13-11+,20-18-,21-19+,29-27+. The number of aliphatic hydroxyl groups excluding tert-OH is 7. The van der Waals surface area contributed by atoms with Crippen LogP contribution >= 0.6 is 0 Å². The maximum atomic E-state index is 13.1. The predicted octanol–water partition coefficient (Wildman–Crippen LogP) is 7.78. The molecule has 0 aromatic carbocycles. The fourth-order valence-electron chi connectivity index (χ4n) is 7.11. The lowest BCUT2D eigenvalue weighted by atomic mass is 9.98. The van der Waals surface area contributed by atoms with Gasteiger partial charge >= 0.3 is 0 Å². The van der Waals surface area contributed by atoms with Gasteiger partial charge in [0.1, 0.15) is 36.6 Å². The first kappa shape index (κ1) is 55.1. The Hall–Kier alpha value is -1.93.